The summed E-state index contributed by atoms with van der Waals surface area (Å²) in [5.74, 6) is 0.750. The van der Waals surface area contributed by atoms with E-state index in [1.165, 1.54) is 6.42 Å². The van der Waals surface area contributed by atoms with Gasteiger partial charge < -0.3 is 4.90 Å². The zero-order valence-electron chi connectivity index (χ0n) is 12.7. The minimum absolute atomic E-state index is 0.0443. The van der Waals surface area contributed by atoms with E-state index in [1.54, 1.807) is 10.7 Å². The maximum Gasteiger partial charge on any atom is 0.274 e. The molecule has 0 spiro atoms. The highest BCUT2D eigenvalue weighted by molar-refractivity contribution is 9.10. The Bertz CT molecular complexity index is 667. The molecule has 5 heteroatoms. The van der Waals surface area contributed by atoms with Crippen molar-refractivity contribution in [2.75, 3.05) is 13.1 Å². The smallest absolute Gasteiger partial charge is 0.274 e. The monoisotopic (exact) mass is 361 g/mol. The van der Waals surface area contributed by atoms with E-state index < -0.39 is 0 Å². The van der Waals surface area contributed by atoms with Crippen molar-refractivity contribution >= 4 is 21.8 Å². The number of nitrogens with zero attached hydrogens (tertiary/aromatic N) is 3. The van der Waals surface area contributed by atoms with E-state index in [0.29, 0.717) is 11.6 Å². The van der Waals surface area contributed by atoms with Gasteiger partial charge in [0.1, 0.15) is 0 Å². The second-order valence-electron chi connectivity index (χ2n) is 5.95. The number of rotatable bonds is 2. The first-order valence-corrected chi connectivity index (χ1v) is 8.53. The van der Waals surface area contributed by atoms with Crippen LogP contribution in [-0.2, 0) is 0 Å². The Balaban J connectivity index is 1.77. The normalized spacial score (nSPS) is 19.0. The summed E-state index contributed by atoms with van der Waals surface area (Å²) in [5.41, 5.74) is 1.47. The number of benzene rings is 1. The Morgan fingerprint density at radius 1 is 1.27 bits per heavy atom. The van der Waals surface area contributed by atoms with Gasteiger partial charge in [-0.2, -0.15) is 5.10 Å². The highest BCUT2D eigenvalue weighted by Crippen LogP contribution is 2.19. The number of carbonyl (C=O) groups is 1. The topological polar surface area (TPSA) is 38.1 Å². The highest BCUT2D eigenvalue weighted by atomic mass is 79.9. The average molecular weight is 362 g/mol. The van der Waals surface area contributed by atoms with E-state index in [4.69, 9.17) is 0 Å². The molecule has 1 atom stereocenters. The quantitative estimate of drug-likeness (QED) is 0.813. The first-order chi connectivity index (χ1) is 10.6. The van der Waals surface area contributed by atoms with E-state index in [0.717, 1.165) is 36.1 Å². The van der Waals surface area contributed by atoms with Crippen LogP contribution in [-0.4, -0.2) is 33.7 Å². The lowest BCUT2D eigenvalue weighted by Gasteiger charge is -2.19. The predicted molar refractivity (Wildman–Crippen MR) is 90.2 cm³/mol. The third kappa shape index (κ3) is 3.40. The molecule has 1 amide bonds. The van der Waals surface area contributed by atoms with E-state index in [1.807, 2.05) is 35.4 Å². The van der Waals surface area contributed by atoms with Crippen LogP contribution in [0.15, 0.2) is 41.0 Å². The van der Waals surface area contributed by atoms with Gasteiger partial charge in [0.15, 0.2) is 5.69 Å². The summed E-state index contributed by atoms with van der Waals surface area (Å²) in [6, 6.07) is 9.68. The lowest BCUT2D eigenvalue weighted by molar-refractivity contribution is 0.0754. The Labute approximate surface area is 139 Å². The fourth-order valence-corrected chi connectivity index (χ4v) is 3.22. The minimum Gasteiger partial charge on any atom is -0.337 e. The van der Waals surface area contributed by atoms with Gasteiger partial charge in [-0.15, -0.1) is 0 Å². The Morgan fingerprint density at radius 3 is 2.95 bits per heavy atom. The third-order valence-electron chi connectivity index (χ3n) is 4.18. The summed E-state index contributed by atoms with van der Waals surface area (Å²) in [5, 5.41) is 4.45. The van der Waals surface area contributed by atoms with Crippen molar-refractivity contribution in [3.8, 4) is 5.69 Å². The lowest BCUT2D eigenvalue weighted by Crippen LogP contribution is -2.32. The maximum absolute atomic E-state index is 12.6. The van der Waals surface area contributed by atoms with Crippen LogP contribution in [0.2, 0.25) is 0 Å². The van der Waals surface area contributed by atoms with Gasteiger partial charge in [-0.1, -0.05) is 28.9 Å². The maximum atomic E-state index is 12.6. The van der Waals surface area contributed by atoms with Crippen LogP contribution in [0.5, 0.6) is 0 Å². The predicted octanol–water partition coefficient (Wildman–Crippen LogP) is 3.90. The molecule has 1 aromatic heterocycles. The molecule has 0 saturated carbocycles. The van der Waals surface area contributed by atoms with Crippen LogP contribution in [0, 0.1) is 5.92 Å². The first kappa shape index (κ1) is 15.3. The molecule has 0 bridgehead atoms. The molecule has 1 fully saturated rings. The van der Waals surface area contributed by atoms with Gasteiger partial charge in [-0.05, 0) is 49.4 Å². The zero-order valence-corrected chi connectivity index (χ0v) is 14.3. The summed E-state index contributed by atoms with van der Waals surface area (Å²) < 4.78 is 2.74. The molecule has 22 heavy (non-hydrogen) atoms. The Kier molecular flexibility index (Phi) is 4.62. The lowest BCUT2D eigenvalue weighted by atomic mass is 10.0. The van der Waals surface area contributed by atoms with Crippen molar-refractivity contribution in [3.63, 3.8) is 0 Å². The molecule has 1 aliphatic rings. The van der Waals surface area contributed by atoms with Crippen molar-refractivity contribution in [2.45, 2.75) is 26.2 Å². The van der Waals surface area contributed by atoms with Gasteiger partial charge in [0.25, 0.3) is 5.91 Å². The van der Waals surface area contributed by atoms with Gasteiger partial charge in [0, 0.05) is 23.8 Å². The summed E-state index contributed by atoms with van der Waals surface area (Å²) in [6.45, 7) is 3.94. The van der Waals surface area contributed by atoms with Gasteiger partial charge in [0.2, 0.25) is 0 Å². The molecule has 0 N–H and O–H groups in total. The fourth-order valence-electron chi connectivity index (χ4n) is 2.83. The van der Waals surface area contributed by atoms with Gasteiger partial charge in [0.05, 0.1) is 5.69 Å². The zero-order chi connectivity index (χ0) is 15.5. The number of hydrogen-bond donors (Lipinski definition) is 0. The minimum atomic E-state index is 0.0443. The molecule has 0 radical (unpaired) electrons. The molecule has 1 aliphatic heterocycles. The van der Waals surface area contributed by atoms with Crippen molar-refractivity contribution in [3.05, 3.63) is 46.7 Å². The molecule has 1 unspecified atom stereocenters. The molecule has 4 nitrogen and oxygen atoms in total. The molecule has 3 rings (SSSR count). The van der Waals surface area contributed by atoms with Crippen LogP contribution in [0.3, 0.4) is 0 Å². The summed E-state index contributed by atoms with van der Waals surface area (Å²) in [7, 11) is 0. The van der Waals surface area contributed by atoms with Crippen LogP contribution < -0.4 is 0 Å². The second-order valence-corrected chi connectivity index (χ2v) is 6.87. The highest BCUT2D eigenvalue weighted by Gasteiger charge is 2.21. The van der Waals surface area contributed by atoms with E-state index in [9.17, 15) is 4.79 Å². The SMILES string of the molecule is CC1CCCN(C(=O)c2ccn(-c3cccc(Br)c3)n2)CC1. The van der Waals surface area contributed by atoms with Crippen LogP contribution in [0.25, 0.3) is 5.69 Å². The van der Waals surface area contributed by atoms with Crippen molar-refractivity contribution in [2.24, 2.45) is 5.92 Å². The third-order valence-corrected chi connectivity index (χ3v) is 4.68. The van der Waals surface area contributed by atoms with E-state index >= 15 is 0 Å². The number of amides is 1. The average Bonchev–Trinajstić information content (AvgIpc) is 2.90. The standard InChI is InChI=1S/C17H20BrN3O/c1-13-4-3-9-20(10-7-13)17(22)16-8-11-21(19-16)15-6-2-5-14(18)12-15/h2,5-6,8,11-13H,3-4,7,9-10H2,1H3. The molecule has 1 saturated heterocycles. The molecule has 2 heterocycles. The number of carbonyl (C=O) groups excluding carboxylic acids is 1. The largest absolute Gasteiger partial charge is 0.337 e. The molecule has 1 aromatic carbocycles. The summed E-state index contributed by atoms with van der Waals surface area (Å²) in [4.78, 5) is 14.6. The Hall–Kier alpha value is -1.62. The van der Waals surface area contributed by atoms with Crippen LogP contribution >= 0.6 is 15.9 Å². The van der Waals surface area contributed by atoms with Gasteiger partial charge in [-0.3, -0.25) is 4.79 Å². The van der Waals surface area contributed by atoms with Gasteiger partial charge >= 0.3 is 0 Å². The number of aromatic nitrogens is 2. The van der Waals surface area contributed by atoms with E-state index in [2.05, 4.69) is 28.0 Å². The molecule has 116 valence electrons. The number of likely N-dealkylation sites (tertiary alicyclic amines) is 1. The molecule has 0 aliphatic carbocycles. The van der Waals surface area contributed by atoms with Crippen molar-refractivity contribution in [1.29, 1.82) is 0 Å². The molecular weight excluding hydrogens is 342 g/mol. The van der Waals surface area contributed by atoms with Crippen LogP contribution in [0.1, 0.15) is 36.7 Å². The second kappa shape index (κ2) is 6.65. The number of hydrogen-bond acceptors (Lipinski definition) is 2. The van der Waals surface area contributed by atoms with Crippen molar-refractivity contribution in [1.82, 2.24) is 14.7 Å². The van der Waals surface area contributed by atoms with Crippen molar-refractivity contribution < 1.29 is 4.79 Å². The molecular formula is C17H20BrN3O. The summed E-state index contributed by atoms with van der Waals surface area (Å²) >= 11 is 3.46. The Morgan fingerprint density at radius 2 is 2.14 bits per heavy atom. The number of halogens is 1. The van der Waals surface area contributed by atoms with Crippen LogP contribution in [0.4, 0.5) is 0 Å². The first-order valence-electron chi connectivity index (χ1n) is 7.74. The van der Waals surface area contributed by atoms with E-state index in [-0.39, 0.29) is 5.91 Å². The fraction of sp³-hybridized carbons (Fsp3) is 0.412. The van der Waals surface area contributed by atoms with Gasteiger partial charge in [-0.25, -0.2) is 4.68 Å². The summed E-state index contributed by atoms with van der Waals surface area (Å²) in [6.07, 6.45) is 5.21. The molecule has 2 aromatic rings.